The molecule has 0 radical (unpaired) electrons. The first-order valence-corrected chi connectivity index (χ1v) is 6.29. The Morgan fingerprint density at radius 3 is 2.47 bits per heavy atom. The van der Waals surface area contributed by atoms with Crippen LogP contribution < -0.4 is 10.6 Å². The van der Waals surface area contributed by atoms with Gasteiger partial charge in [0.15, 0.2) is 0 Å². The van der Waals surface area contributed by atoms with Crippen LogP contribution in [0.25, 0.3) is 0 Å². The van der Waals surface area contributed by atoms with E-state index in [1.54, 1.807) is 6.07 Å². The minimum atomic E-state index is -0.304. The summed E-state index contributed by atoms with van der Waals surface area (Å²) in [6.45, 7) is 4.94. The molecule has 2 aromatic rings. The van der Waals surface area contributed by atoms with E-state index >= 15 is 0 Å². The van der Waals surface area contributed by atoms with Crippen molar-refractivity contribution in [3.63, 3.8) is 0 Å². The highest BCUT2D eigenvalue weighted by Gasteiger charge is 2.08. The molecule has 0 aromatic heterocycles. The van der Waals surface area contributed by atoms with E-state index in [2.05, 4.69) is 32.0 Å². The molecule has 0 unspecified atom stereocenters. The molecule has 19 heavy (non-hydrogen) atoms. The third-order valence-corrected chi connectivity index (χ3v) is 3.31. The first-order valence-electron chi connectivity index (χ1n) is 6.29. The Balaban J connectivity index is 2.23. The molecule has 2 rings (SSSR count). The largest absolute Gasteiger partial charge is 0.397 e. The van der Waals surface area contributed by atoms with E-state index in [4.69, 9.17) is 5.73 Å². The van der Waals surface area contributed by atoms with Crippen LogP contribution in [-0.2, 0) is 6.54 Å². The van der Waals surface area contributed by atoms with E-state index in [9.17, 15) is 4.39 Å². The average Bonchev–Trinajstić information content (AvgIpc) is 2.32. The molecule has 0 atom stereocenters. The van der Waals surface area contributed by atoms with Crippen LogP contribution in [0.3, 0.4) is 0 Å². The molecule has 0 saturated heterocycles. The zero-order valence-electron chi connectivity index (χ0n) is 11.6. The molecular weight excluding hydrogens is 239 g/mol. The molecular formula is C16H19FN2. The highest BCUT2D eigenvalue weighted by atomic mass is 19.1. The van der Waals surface area contributed by atoms with E-state index < -0.39 is 0 Å². The minimum absolute atomic E-state index is 0.304. The van der Waals surface area contributed by atoms with Crippen molar-refractivity contribution in [1.29, 1.82) is 0 Å². The Kier molecular flexibility index (Phi) is 3.74. The number of nitrogen functional groups attached to an aromatic ring is 1. The van der Waals surface area contributed by atoms with Gasteiger partial charge in [-0.1, -0.05) is 23.8 Å². The van der Waals surface area contributed by atoms with Crippen LogP contribution in [0.5, 0.6) is 0 Å². The fourth-order valence-corrected chi connectivity index (χ4v) is 2.24. The number of hydrogen-bond acceptors (Lipinski definition) is 2. The number of rotatable bonds is 3. The van der Waals surface area contributed by atoms with E-state index in [0.717, 1.165) is 12.2 Å². The van der Waals surface area contributed by atoms with Crippen molar-refractivity contribution in [2.75, 3.05) is 17.7 Å². The topological polar surface area (TPSA) is 29.3 Å². The number of nitrogens with zero attached hydrogens (tertiary/aromatic N) is 1. The van der Waals surface area contributed by atoms with E-state index in [1.165, 1.54) is 28.8 Å². The summed E-state index contributed by atoms with van der Waals surface area (Å²) in [6.07, 6.45) is 0. The Morgan fingerprint density at radius 2 is 1.84 bits per heavy atom. The lowest BCUT2D eigenvalue weighted by molar-refractivity contribution is 0.628. The van der Waals surface area contributed by atoms with Crippen LogP contribution in [0, 0.1) is 19.7 Å². The highest BCUT2D eigenvalue weighted by molar-refractivity contribution is 5.67. The summed E-state index contributed by atoms with van der Waals surface area (Å²) in [7, 11) is 1.96. The zero-order chi connectivity index (χ0) is 14.0. The van der Waals surface area contributed by atoms with Gasteiger partial charge in [0.2, 0.25) is 0 Å². The summed E-state index contributed by atoms with van der Waals surface area (Å²) in [5.74, 6) is -0.304. The van der Waals surface area contributed by atoms with Gasteiger partial charge in [0.05, 0.1) is 11.4 Å². The molecule has 2 nitrogen and oxygen atoms in total. The SMILES string of the molecule is Cc1ccc(CN(C)c2ccc(F)cc2N)c(C)c1. The number of nitrogens with two attached hydrogens (primary N) is 1. The van der Waals surface area contributed by atoms with Crippen molar-refractivity contribution in [2.45, 2.75) is 20.4 Å². The maximum atomic E-state index is 13.0. The van der Waals surface area contributed by atoms with Crippen LogP contribution in [-0.4, -0.2) is 7.05 Å². The molecule has 100 valence electrons. The van der Waals surface area contributed by atoms with Gasteiger partial charge in [-0.3, -0.25) is 0 Å². The Morgan fingerprint density at radius 1 is 1.11 bits per heavy atom. The molecule has 0 spiro atoms. The van der Waals surface area contributed by atoms with Gasteiger partial charge in [0.25, 0.3) is 0 Å². The Hall–Kier alpha value is -2.03. The maximum absolute atomic E-state index is 13.0. The summed E-state index contributed by atoms with van der Waals surface area (Å²) < 4.78 is 13.0. The summed E-state index contributed by atoms with van der Waals surface area (Å²) in [6, 6.07) is 10.9. The second-order valence-corrected chi connectivity index (χ2v) is 4.99. The smallest absolute Gasteiger partial charge is 0.125 e. The standard InChI is InChI=1S/C16H19FN2/c1-11-4-5-13(12(2)8-11)10-19(3)16-7-6-14(17)9-15(16)18/h4-9H,10,18H2,1-3H3. The van der Waals surface area contributed by atoms with Crippen LogP contribution in [0.4, 0.5) is 15.8 Å². The lowest BCUT2D eigenvalue weighted by Gasteiger charge is -2.22. The monoisotopic (exact) mass is 258 g/mol. The second-order valence-electron chi connectivity index (χ2n) is 4.99. The molecule has 0 bridgehead atoms. The molecule has 0 aliphatic carbocycles. The lowest BCUT2D eigenvalue weighted by atomic mass is 10.1. The van der Waals surface area contributed by atoms with Gasteiger partial charge in [0, 0.05) is 13.6 Å². The second kappa shape index (κ2) is 5.31. The van der Waals surface area contributed by atoms with Gasteiger partial charge in [-0.25, -0.2) is 4.39 Å². The van der Waals surface area contributed by atoms with E-state index in [-0.39, 0.29) is 5.82 Å². The van der Waals surface area contributed by atoms with Gasteiger partial charge >= 0.3 is 0 Å². The van der Waals surface area contributed by atoms with Crippen molar-refractivity contribution in [1.82, 2.24) is 0 Å². The van der Waals surface area contributed by atoms with Gasteiger partial charge in [-0.15, -0.1) is 0 Å². The lowest BCUT2D eigenvalue weighted by Crippen LogP contribution is -2.18. The predicted octanol–water partition coefficient (Wildman–Crippen LogP) is 3.66. The Bertz CT molecular complexity index is 593. The fraction of sp³-hybridized carbons (Fsp3) is 0.250. The fourth-order valence-electron chi connectivity index (χ4n) is 2.24. The third-order valence-electron chi connectivity index (χ3n) is 3.31. The van der Waals surface area contributed by atoms with Gasteiger partial charge in [0.1, 0.15) is 5.82 Å². The van der Waals surface area contributed by atoms with Gasteiger partial charge in [-0.05, 0) is 43.2 Å². The quantitative estimate of drug-likeness (QED) is 0.851. The molecule has 3 heteroatoms. The van der Waals surface area contributed by atoms with Crippen molar-refractivity contribution in [3.8, 4) is 0 Å². The predicted molar refractivity (Wildman–Crippen MR) is 78.8 cm³/mol. The number of halogens is 1. The Labute approximate surface area is 113 Å². The molecule has 0 saturated carbocycles. The summed E-state index contributed by atoms with van der Waals surface area (Å²) in [5, 5.41) is 0. The first-order chi connectivity index (χ1) is 8.97. The molecule has 2 N–H and O–H groups in total. The highest BCUT2D eigenvalue weighted by Crippen LogP contribution is 2.25. The summed E-state index contributed by atoms with van der Waals surface area (Å²) in [5.41, 5.74) is 10.9. The van der Waals surface area contributed by atoms with Gasteiger partial charge in [-0.2, -0.15) is 0 Å². The number of aryl methyl sites for hydroxylation is 2. The van der Waals surface area contributed by atoms with E-state index in [1.807, 2.05) is 11.9 Å². The summed E-state index contributed by atoms with van der Waals surface area (Å²) in [4.78, 5) is 2.03. The molecule has 0 aliphatic heterocycles. The van der Waals surface area contributed by atoms with Crippen LogP contribution >= 0.6 is 0 Å². The van der Waals surface area contributed by atoms with Crippen molar-refractivity contribution in [2.24, 2.45) is 0 Å². The van der Waals surface area contributed by atoms with Crippen molar-refractivity contribution >= 4 is 11.4 Å². The van der Waals surface area contributed by atoms with Crippen LogP contribution in [0.2, 0.25) is 0 Å². The number of hydrogen-bond donors (Lipinski definition) is 1. The number of benzene rings is 2. The zero-order valence-corrected chi connectivity index (χ0v) is 11.6. The molecule has 2 aromatic carbocycles. The molecule has 0 amide bonds. The van der Waals surface area contributed by atoms with Crippen LogP contribution in [0.15, 0.2) is 36.4 Å². The average molecular weight is 258 g/mol. The van der Waals surface area contributed by atoms with Gasteiger partial charge < -0.3 is 10.6 Å². The molecule has 0 fully saturated rings. The van der Waals surface area contributed by atoms with Crippen LogP contribution in [0.1, 0.15) is 16.7 Å². The maximum Gasteiger partial charge on any atom is 0.125 e. The van der Waals surface area contributed by atoms with Crippen molar-refractivity contribution in [3.05, 3.63) is 58.9 Å². The first kappa shape index (κ1) is 13.4. The third kappa shape index (κ3) is 3.05. The molecule has 0 heterocycles. The number of anilines is 2. The van der Waals surface area contributed by atoms with E-state index in [0.29, 0.717) is 5.69 Å². The summed E-state index contributed by atoms with van der Waals surface area (Å²) >= 11 is 0. The molecule has 0 aliphatic rings. The van der Waals surface area contributed by atoms with Crippen molar-refractivity contribution < 1.29 is 4.39 Å². The normalized spacial score (nSPS) is 10.5. The minimum Gasteiger partial charge on any atom is -0.397 e.